The predicted molar refractivity (Wildman–Crippen MR) is 86.8 cm³/mol. The van der Waals surface area contributed by atoms with Crippen molar-refractivity contribution in [3.8, 4) is 5.88 Å². The Morgan fingerprint density at radius 1 is 1.36 bits per heavy atom. The molecule has 0 amide bonds. The number of imidazole rings is 1. The van der Waals surface area contributed by atoms with Crippen molar-refractivity contribution in [1.82, 2.24) is 19.5 Å². The highest BCUT2D eigenvalue weighted by Gasteiger charge is 2.11. The second kappa shape index (κ2) is 7.63. The summed E-state index contributed by atoms with van der Waals surface area (Å²) < 4.78 is 7.69. The number of hydrogen-bond donors (Lipinski definition) is 2. The van der Waals surface area contributed by atoms with Gasteiger partial charge in [-0.3, -0.25) is 0 Å². The van der Waals surface area contributed by atoms with Crippen LogP contribution in [0.5, 0.6) is 5.88 Å². The molecule has 0 aliphatic heterocycles. The molecule has 0 fully saturated rings. The minimum absolute atomic E-state index is 0.418. The van der Waals surface area contributed by atoms with Crippen molar-refractivity contribution < 1.29 is 4.74 Å². The van der Waals surface area contributed by atoms with Gasteiger partial charge in [0.15, 0.2) is 5.82 Å². The fourth-order valence-electron chi connectivity index (χ4n) is 1.93. The average Bonchev–Trinajstić information content (AvgIpc) is 2.98. The van der Waals surface area contributed by atoms with E-state index >= 15 is 0 Å². The molecule has 0 saturated heterocycles. The molecule has 0 aliphatic rings. The molecule has 0 aromatic carbocycles. The van der Waals surface area contributed by atoms with Crippen molar-refractivity contribution in [2.75, 3.05) is 24.2 Å². The molecule has 2 aromatic rings. The summed E-state index contributed by atoms with van der Waals surface area (Å²) in [6.07, 6.45) is 6.47. The van der Waals surface area contributed by atoms with Gasteiger partial charge in [-0.15, -0.1) is 0 Å². The van der Waals surface area contributed by atoms with E-state index in [2.05, 4.69) is 34.1 Å². The zero-order valence-corrected chi connectivity index (χ0v) is 13.4. The molecule has 0 radical (unpaired) electrons. The Morgan fingerprint density at radius 3 is 2.86 bits per heavy atom. The lowest BCUT2D eigenvalue weighted by Gasteiger charge is -2.14. The molecule has 0 bridgehead atoms. The number of aromatic nitrogens is 4. The Labute approximate surface area is 130 Å². The summed E-state index contributed by atoms with van der Waals surface area (Å²) in [5.41, 5.74) is 6.55. The maximum Gasteiger partial charge on any atom is 0.242 e. The highest BCUT2D eigenvalue weighted by molar-refractivity contribution is 5.66. The Balaban J connectivity index is 1.91. The van der Waals surface area contributed by atoms with Gasteiger partial charge in [0.25, 0.3) is 0 Å². The lowest BCUT2D eigenvalue weighted by Crippen LogP contribution is -2.13. The highest BCUT2D eigenvalue weighted by Crippen LogP contribution is 2.26. The summed E-state index contributed by atoms with van der Waals surface area (Å²) in [4.78, 5) is 12.6. The van der Waals surface area contributed by atoms with Crippen LogP contribution in [-0.4, -0.2) is 32.7 Å². The Kier molecular flexibility index (Phi) is 5.57. The van der Waals surface area contributed by atoms with Crippen LogP contribution in [0.1, 0.15) is 26.1 Å². The molecular weight excluding hydrogens is 280 g/mol. The normalized spacial score (nSPS) is 10.9. The zero-order valence-electron chi connectivity index (χ0n) is 13.4. The maximum atomic E-state index is 6.09. The first-order valence-corrected chi connectivity index (χ1v) is 7.52. The van der Waals surface area contributed by atoms with Crippen molar-refractivity contribution in [1.29, 1.82) is 0 Å². The van der Waals surface area contributed by atoms with Crippen LogP contribution in [0.3, 0.4) is 0 Å². The van der Waals surface area contributed by atoms with Crippen molar-refractivity contribution >= 4 is 11.5 Å². The van der Waals surface area contributed by atoms with Crippen LogP contribution in [0.4, 0.5) is 11.5 Å². The molecule has 0 aliphatic carbocycles. The van der Waals surface area contributed by atoms with E-state index < -0.39 is 0 Å². The summed E-state index contributed by atoms with van der Waals surface area (Å²) in [6, 6.07) is 0. The number of rotatable bonds is 8. The van der Waals surface area contributed by atoms with E-state index in [-0.39, 0.29) is 0 Å². The second-order valence-electron chi connectivity index (χ2n) is 5.62. The second-order valence-corrected chi connectivity index (χ2v) is 5.62. The van der Waals surface area contributed by atoms with Gasteiger partial charge >= 0.3 is 0 Å². The first-order chi connectivity index (χ1) is 10.6. The van der Waals surface area contributed by atoms with E-state index in [4.69, 9.17) is 10.5 Å². The molecule has 2 heterocycles. The lowest BCUT2D eigenvalue weighted by molar-refractivity contribution is 0.262. The van der Waals surface area contributed by atoms with Gasteiger partial charge in [0.2, 0.25) is 5.88 Å². The maximum absolute atomic E-state index is 6.09. The smallest absolute Gasteiger partial charge is 0.242 e. The summed E-state index contributed by atoms with van der Waals surface area (Å²) in [6.45, 7) is 8.24. The van der Waals surface area contributed by atoms with Gasteiger partial charge in [-0.05, 0) is 19.3 Å². The summed E-state index contributed by atoms with van der Waals surface area (Å²) in [5.74, 6) is 2.15. The van der Waals surface area contributed by atoms with E-state index in [0.29, 0.717) is 35.7 Å². The highest BCUT2D eigenvalue weighted by atomic mass is 16.5. The number of nitrogens with zero attached hydrogens (tertiary/aromatic N) is 4. The van der Waals surface area contributed by atoms with Gasteiger partial charge in [0.05, 0.1) is 12.9 Å². The summed E-state index contributed by atoms with van der Waals surface area (Å²) in [7, 11) is 0. The van der Waals surface area contributed by atoms with Gasteiger partial charge in [0.1, 0.15) is 11.5 Å². The van der Waals surface area contributed by atoms with E-state index in [0.717, 1.165) is 19.5 Å². The van der Waals surface area contributed by atoms with Gasteiger partial charge in [-0.2, -0.15) is 4.98 Å². The number of nitrogens with one attached hydrogen (secondary N) is 1. The first-order valence-electron chi connectivity index (χ1n) is 7.52. The molecule has 2 rings (SSSR count). The minimum Gasteiger partial charge on any atom is -0.476 e. The van der Waals surface area contributed by atoms with Crippen molar-refractivity contribution in [2.45, 2.75) is 33.7 Å². The van der Waals surface area contributed by atoms with Crippen molar-refractivity contribution in [2.24, 2.45) is 5.92 Å². The fourth-order valence-corrected chi connectivity index (χ4v) is 1.93. The first kappa shape index (κ1) is 16.1. The van der Waals surface area contributed by atoms with E-state index in [9.17, 15) is 0 Å². The number of nitrogens with two attached hydrogens (primary N) is 1. The van der Waals surface area contributed by atoms with Crippen molar-refractivity contribution in [3.05, 3.63) is 24.5 Å². The van der Waals surface area contributed by atoms with Crippen LogP contribution in [-0.2, 0) is 6.54 Å². The molecule has 7 heteroatoms. The largest absolute Gasteiger partial charge is 0.476 e. The third-order valence-electron chi connectivity index (χ3n) is 3.02. The molecule has 2 aromatic heterocycles. The van der Waals surface area contributed by atoms with Crippen LogP contribution in [0, 0.1) is 12.8 Å². The van der Waals surface area contributed by atoms with Crippen LogP contribution >= 0.6 is 0 Å². The van der Waals surface area contributed by atoms with Crippen LogP contribution < -0.4 is 15.8 Å². The Hall–Kier alpha value is -2.31. The molecule has 0 unspecified atom stereocenters. The molecule has 0 atom stereocenters. The summed E-state index contributed by atoms with van der Waals surface area (Å²) >= 11 is 0. The van der Waals surface area contributed by atoms with Crippen molar-refractivity contribution in [3.63, 3.8) is 0 Å². The molecular formula is C15H24N6O. The van der Waals surface area contributed by atoms with Gasteiger partial charge in [0, 0.05) is 25.5 Å². The average molecular weight is 304 g/mol. The lowest BCUT2D eigenvalue weighted by atomic mass is 10.2. The third-order valence-corrected chi connectivity index (χ3v) is 3.02. The van der Waals surface area contributed by atoms with Gasteiger partial charge in [-0.1, -0.05) is 13.8 Å². The number of aryl methyl sites for hydroxylation is 2. The fraction of sp³-hybridized carbons (Fsp3) is 0.533. The Morgan fingerprint density at radius 2 is 2.18 bits per heavy atom. The topological polar surface area (TPSA) is 90.9 Å². The van der Waals surface area contributed by atoms with E-state index in [1.54, 1.807) is 12.5 Å². The number of nitrogen functional groups attached to an aromatic ring is 1. The van der Waals surface area contributed by atoms with Gasteiger partial charge in [-0.25, -0.2) is 9.97 Å². The molecule has 120 valence electrons. The predicted octanol–water partition coefficient (Wildman–Crippen LogP) is 2.10. The monoisotopic (exact) mass is 304 g/mol. The van der Waals surface area contributed by atoms with Gasteiger partial charge < -0.3 is 20.4 Å². The zero-order chi connectivity index (χ0) is 15.9. The third kappa shape index (κ3) is 4.61. The molecule has 7 nitrogen and oxygen atoms in total. The van der Waals surface area contributed by atoms with E-state index in [1.165, 1.54) is 0 Å². The standard InChI is InChI=1S/C15H24N6O/c1-11(2)9-22-15-13(16)14(19-12(3)20-15)18-5-4-7-21-8-6-17-10-21/h6,8,10-11H,4-5,7,9,16H2,1-3H3,(H,18,19,20). The molecule has 0 saturated carbocycles. The van der Waals surface area contributed by atoms with Crippen LogP contribution in [0.2, 0.25) is 0 Å². The number of hydrogen-bond acceptors (Lipinski definition) is 6. The molecule has 3 N–H and O–H groups in total. The Bertz CT molecular complexity index is 582. The summed E-state index contributed by atoms with van der Waals surface area (Å²) in [5, 5.41) is 3.25. The van der Waals surface area contributed by atoms with Crippen LogP contribution in [0.25, 0.3) is 0 Å². The number of ether oxygens (including phenoxy) is 1. The number of anilines is 2. The molecule has 0 spiro atoms. The SMILES string of the molecule is Cc1nc(NCCCn2ccnc2)c(N)c(OCC(C)C)n1. The van der Waals surface area contributed by atoms with E-state index in [1.807, 2.05) is 17.7 Å². The quantitative estimate of drug-likeness (QED) is 0.726. The van der Waals surface area contributed by atoms with Crippen LogP contribution in [0.15, 0.2) is 18.7 Å². The minimum atomic E-state index is 0.418. The molecule has 22 heavy (non-hydrogen) atoms.